The van der Waals surface area contributed by atoms with Gasteiger partial charge in [-0.05, 0) is 19.1 Å². The van der Waals surface area contributed by atoms with Crippen LogP contribution in [0, 0.1) is 0 Å². The molecule has 0 spiro atoms. The van der Waals surface area contributed by atoms with Gasteiger partial charge in [0.1, 0.15) is 6.54 Å². The molecule has 0 saturated heterocycles. The van der Waals surface area contributed by atoms with Crippen LogP contribution in [0.25, 0.3) is 0 Å². The second kappa shape index (κ2) is 5.53. The number of carbonyl (C=O) groups excluding carboxylic acids is 1. The van der Waals surface area contributed by atoms with E-state index in [0.29, 0.717) is 16.6 Å². The molecule has 0 aliphatic heterocycles. The molecule has 0 heterocycles. The van der Waals surface area contributed by atoms with Crippen LogP contribution in [0.5, 0.6) is 0 Å². The first kappa shape index (κ1) is 13.3. The van der Waals surface area contributed by atoms with Crippen LogP contribution >= 0.6 is 23.2 Å². The summed E-state index contributed by atoms with van der Waals surface area (Å²) >= 11 is 11.7. The lowest BCUT2D eigenvalue weighted by molar-refractivity contribution is -0.908. The minimum absolute atomic E-state index is 0.227. The average Bonchev–Trinajstić information content (AvgIpc) is 2.22. The molecule has 3 N–H and O–H groups in total. The number of rotatable bonds is 4. The van der Waals surface area contributed by atoms with E-state index < -0.39 is 0 Å². The summed E-state index contributed by atoms with van der Waals surface area (Å²) in [6.07, 6.45) is 0. The van der Waals surface area contributed by atoms with E-state index in [4.69, 9.17) is 28.9 Å². The largest absolute Gasteiger partial charge is 0.365 e. The van der Waals surface area contributed by atoms with E-state index in [2.05, 4.69) is 0 Å². The van der Waals surface area contributed by atoms with Crippen LogP contribution in [0.15, 0.2) is 18.2 Å². The van der Waals surface area contributed by atoms with Crippen molar-refractivity contribution >= 4 is 29.1 Å². The lowest BCUT2D eigenvalue weighted by Crippen LogP contribution is -3.12. The van der Waals surface area contributed by atoms with Crippen LogP contribution in [-0.2, 0) is 11.3 Å². The Morgan fingerprint density at radius 2 is 2.06 bits per heavy atom. The van der Waals surface area contributed by atoms with Gasteiger partial charge in [0.2, 0.25) is 0 Å². The van der Waals surface area contributed by atoms with E-state index >= 15 is 0 Å². The van der Waals surface area contributed by atoms with Crippen molar-refractivity contribution in [2.75, 3.05) is 7.05 Å². The first-order valence-corrected chi connectivity index (χ1v) is 5.73. The van der Waals surface area contributed by atoms with Crippen LogP contribution in [0.1, 0.15) is 12.5 Å². The van der Waals surface area contributed by atoms with E-state index in [0.717, 1.165) is 10.5 Å². The molecule has 0 radical (unpaired) electrons. The Hall–Kier alpha value is -0.770. The molecule has 5 heteroatoms. The van der Waals surface area contributed by atoms with Crippen LogP contribution in [-0.4, -0.2) is 19.0 Å². The number of amides is 1. The predicted molar refractivity (Wildman–Crippen MR) is 65.7 cm³/mol. The molecule has 0 fully saturated rings. The Morgan fingerprint density at radius 3 is 2.56 bits per heavy atom. The lowest BCUT2D eigenvalue weighted by atomic mass is 10.2. The third-order valence-corrected chi connectivity index (χ3v) is 3.37. The molecule has 1 unspecified atom stereocenters. The van der Waals surface area contributed by atoms with Crippen molar-refractivity contribution in [3.8, 4) is 0 Å². The number of quaternary nitrogens is 1. The monoisotopic (exact) mass is 261 g/mol. The highest BCUT2D eigenvalue weighted by Crippen LogP contribution is 2.22. The standard InChI is InChI=1S/C11H14Cl2N2O/c1-7(11(14)16)15(2)6-8-3-4-9(12)10(13)5-8/h3-5,7H,6H2,1-2H3,(H2,14,16)/p+1/t7-/m0/s1. The number of nitrogens with one attached hydrogen (secondary N) is 1. The van der Waals surface area contributed by atoms with E-state index in [9.17, 15) is 4.79 Å². The zero-order chi connectivity index (χ0) is 12.3. The van der Waals surface area contributed by atoms with Crippen LogP contribution in [0.2, 0.25) is 10.0 Å². The summed E-state index contributed by atoms with van der Waals surface area (Å²) in [6.45, 7) is 2.48. The van der Waals surface area contributed by atoms with Gasteiger partial charge >= 0.3 is 0 Å². The van der Waals surface area contributed by atoms with Crippen molar-refractivity contribution in [2.45, 2.75) is 19.5 Å². The normalized spacial score (nSPS) is 14.5. The van der Waals surface area contributed by atoms with Crippen LogP contribution in [0.4, 0.5) is 0 Å². The van der Waals surface area contributed by atoms with Crippen molar-refractivity contribution < 1.29 is 9.69 Å². The van der Waals surface area contributed by atoms with Crippen LogP contribution in [0.3, 0.4) is 0 Å². The van der Waals surface area contributed by atoms with Gasteiger partial charge < -0.3 is 10.6 Å². The van der Waals surface area contributed by atoms with Gasteiger partial charge in [-0.2, -0.15) is 0 Å². The molecule has 0 saturated carbocycles. The van der Waals surface area contributed by atoms with Gasteiger partial charge in [0.15, 0.2) is 6.04 Å². The van der Waals surface area contributed by atoms with Gasteiger partial charge in [0, 0.05) is 5.56 Å². The third kappa shape index (κ3) is 3.37. The highest BCUT2D eigenvalue weighted by atomic mass is 35.5. The number of halogens is 2. The van der Waals surface area contributed by atoms with Gasteiger partial charge in [-0.1, -0.05) is 29.3 Å². The summed E-state index contributed by atoms with van der Waals surface area (Å²) in [6, 6.07) is 5.22. The molecule has 16 heavy (non-hydrogen) atoms. The summed E-state index contributed by atoms with van der Waals surface area (Å²) in [5, 5.41) is 1.06. The Labute approximate surface area is 105 Å². The molecule has 1 aromatic rings. The van der Waals surface area contributed by atoms with Gasteiger partial charge in [-0.3, -0.25) is 4.79 Å². The molecule has 0 bridgehead atoms. The fraction of sp³-hybridized carbons (Fsp3) is 0.364. The Kier molecular flexibility index (Phi) is 4.59. The van der Waals surface area contributed by atoms with E-state index in [1.54, 1.807) is 19.1 Å². The van der Waals surface area contributed by atoms with Gasteiger partial charge in [0.05, 0.1) is 17.1 Å². The Morgan fingerprint density at radius 1 is 1.44 bits per heavy atom. The zero-order valence-corrected chi connectivity index (χ0v) is 10.8. The highest BCUT2D eigenvalue weighted by molar-refractivity contribution is 6.42. The highest BCUT2D eigenvalue weighted by Gasteiger charge is 2.18. The van der Waals surface area contributed by atoms with Gasteiger partial charge in [-0.15, -0.1) is 0 Å². The minimum Gasteiger partial charge on any atom is -0.365 e. The zero-order valence-electron chi connectivity index (χ0n) is 9.26. The van der Waals surface area contributed by atoms with Gasteiger partial charge in [-0.25, -0.2) is 0 Å². The summed E-state index contributed by atoms with van der Waals surface area (Å²) < 4.78 is 0. The van der Waals surface area contributed by atoms with Crippen molar-refractivity contribution in [3.05, 3.63) is 33.8 Å². The number of nitrogens with two attached hydrogens (primary N) is 1. The molecule has 88 valence electrons. The van der Waals surface area contributed by atoms with Crippen molar-refractivity contribution in [3.63, 3.8) is 0 Å². The van der Waals surface area contributed by atoms with Crippen molar-refractivity contribution in [1.29, 1.82) is 0 Å². The third-order valence-electron chi connectivity index (χ3n) is 2.63. The molecule has 0 aliphatic carbocycles. The summed E-state index contributed by atoms with van der Waals surface area (Å²) in [7, 11) is 1.91. The minimum atomic E-state index is -0.308. The molecule has 0 aliphatic rings. The Bertz CT molecular complexity index is 396. The molecule has 1 amide bonds. The first-order valence-electron chi connectivity index (χ1n) is 4.97. The first-order chi connectivity index (χ1) is 7.41. The van der Waals surface area contributed by atoms with E-state index in [1.165, 1.54) is 0 Å². The summed E-state index contributed by atoms with van der Waals surface area (Å²) in [5.41, 5.74) is 6.27. The Balaban J connectivity index is 2.73. The number of likely N-dealkylation sites (N-methyl/N-ethyl adjacent to an activating group) is 1. The number of benzene rings is 1. The average molecular weight is 262 g/mol. The molecule has 2 atom stereocenters. The molecular weight excluding hydrogens is 247 g/mol. The quantitative estimate of drug-likeness (QED) is 0.831. The smallest absolute Gasteiger partial charge is 0.275 e. The van der Waals surface area contributed by atoms with E-state index in [-0.39, 0.29) is 11.9 Å². The maximum absolute atomic E-state index is 11.0. The second-order valence-electron chi connectivity index (χ2n) is 3.90. The van der Waals surface area contributed by atoms with Crippen molar-refractivity contribution in [1.82, 2.24) is 0 Å². The molecule has 1 aromatic carbocycles. The lowest BCUT2D eigenvalue weighted by Gasteiger charge is -2.19. The second-order valence-corrected chi connectivity index (χ2v) is 4.71. The van der Waals surface area contributed by atoms with Gasteiger partial charge in [0.25, 0.3) is 5.91 Å². The predicted octanol–water partition coefficient (Wildman–Crippen LogP) is 0.882. The summed E-state index contributed by atoms with van der Waals surface area (Å²) in [5.74, 6) is -0.308. The SMILES string of the molecule is C[C@@H](C(N)=O)[NH+](C)Cc1ccc(Cl)c(Cl)c1. The van der Waals surface area contributed by atoms with Crippen LogP contribution < -0.4 is 10.6 Å². The topological polar surface area (TPSA) is 47.5 Å². The number of primary amides is 1. The van der Waals surface area contributed by atoms with E-state index in [1.807, 2.05) is 13.1 Å². The summed E-state index contributed by atoms with van der Waals surface area (Å²) in [4.78, 5) is 12.0. The maximum atomic E-state index is 11.0. The molecule has 3 nitrogen and oxygen atoms in total. The van der Waals surface area contributed by atoms with Crippen molar-refractivity contribution in [2.24, 2.45) is 5.73 Å². The molecular formula is C11H15Cl2N2O+. The maximum Gasteiger partial charge on any atom is 0.275 e. The number of hydrogen-bond acceptors (Lipinski definition) is 1. The number of hydrogen-bond donors (Lipinski definition) is 2. The molecule has 0 aromatic heterocycles. The fourth-order valence-corrected chi connectivity index (χ4v) is 1.69. The molecule has 1 rings (SSSR count). The fourth-order valence-electron chi connectivity index (χ4n) is 1.37. The number of carbonyl (C=O) groups is 1.